The molecule has 0 spiro atoms. The van der Waals surface area contributed by atoms with Gasteiger partial charge in [0, 0.05) is 17.6 Å². The Labute approximate surface area is 142 Å². The molecule has 1 fully saturated rings. The van der Waals surface area contributed by atoms with Gasteiger partial charge in [0.2, 0.25) is 11.8 Å². The highest BCUT2D eigenvalue weighted by Crippen LogP contribution is 2.26. The number of fused-ring (bicyclic) bond motifs is 1. The van der Waals surface area contributed by atoms with E-state index < -0.39 is 5.41 Å². The van der Waals surface area contributed by atoms with Gasteiger partial charge in [0.1, 0.15) is 6.04 Å². The van der Waals surface area contributed by atoms with Crippen molar-refractivity contribution in [2.75, 3.05) is 11.9 Å². The zero-order valence-corrected chi connectivity index (χ0v) is 14.5. The molecule has 0 bridgehead atoms. The van der Waals surface area contributed by atoms with E-state index >= 15 is 0 Å². The van der Waals surface area contributed by atoms with Crippen LogP contribution in [-0.4, -0.2) is 29.3 Å². The number of anilines is 1. The van der Waals surface area contributed by atoms with Crippen LogP contribution >= 0.6 is 0 Å². The molecule has 1 unspecified atom stereocenters. The van der Waals surface area contributed by atoms with E-state index in [1.807, 2.05) is 63.2 Å². The van der Waals surface area contributed by atoms with Gasteiger partial charge in [-0.3, -0.25) is 9.59 Å². The van der Waals surface area contributed by atoms with Crippen LogP contribution < -0.4 is 5.32 Å². The minimum atomic E-state index is -0.466. The summed E-state index contributed by atoms with van der Waals surface area (Å²) in [4.78, 5) is 27.0. The highest BCUT2D eigenvalue weighted by atomic mass is 16.2. The van der Waals surface area contributed by atoms with Crippen LogP contribution in [0.5, 0.6) is 0 Å². The van der Waals surface area contributed by atoms with Gasteiger partial charge in [0.25, 0.3) is 0 Å². The second kappa shape index (κ2) is 6.27. The van der Waals surface area contributed by atoms with Crippen LogP contribution in [0, 0.1) is 5.41 Å². The molecule has 1 saturated heterocycles. The number of rotatable bonds is 2. The Bertz CT molecular complexity index is 777. The molecule has 1 atom stereocenters. The van der Waals surface area contributed by atoms with Gasteiger partial charge in [-0.25, -0.2) is 0 Å². The first-order chi connectivity index (χ1) is 11.4. The van der Waals surface area contributed by atoms with Crippen molar-refractivity contribution >= 4 is 28.3 Å². The molecule has 2 aromatic rings. The second-order valence-corrected chi connectivity index (χ2v) is 7.46. The molecule has 0 radical (unpaired) electrons. The van der Waals surface area contributed by atoms with E-state index in [2.05, 4.69) is 5.32 Å². The molecule has 1 aliphatic heterocycles. The van der Waals surface area contributed by atoms with E-state index in [1.54, 1.807) is 4.90 Å². The quantitative estimate of drug-likeness (QED) is 0.913. The standard InChI is InChI=1S/C20H24N2O2/c1-20(2,3)19(24)22-12-6-9-17(22)18(23)21-16-11-10-14-7-4-5-8-15(14)13-16/h4-5,7-8,10-11,13,17H,6,9,12H2,1-3H3,(H,21,23). The van der Waals surface area contributed by atoms with Crippen LogP contribution in [0.1, 0.15) is 33.6 Å². The number of nitrogens with one attached hydrogen (secondary N) is 1. The van der Waals surface area contributed by atoms with Crippen LogP contribution in [0.15, 0.2) is 42.5 Å². The van der Waals surface area contributed by atoms with Gasteiger partial charge in [-0.15, -0.1) is 0 Å². The summed E-state index contributed by atoms with van der Waals surface area (Å²) in [5.41, 5.74) is 0.306. The van der Waals surface area contributed by atoms with Gasteiger partial charge in [0.15, 0.2) is 0 Å². The van der Waals surface area contributed by atoms with Gasteiger partial charge in [-0.05, 0) is 35.7 Å². The van der Waals surface area contributed by atoms with Crippen molar-refractivity contribution in [1.29, 1.82) is 0 Å². The molecule has 1 aliphatic rings. The van der Waals surface area contributed by atoms with E-state index in [4.69, 9.17) is 0 Å². The Kier molecular flexibility index (Phi) is 4.31. The smallest absolute Gasteiger partial charge is 0.247 e. The maximum Gasteiger partial charge on any atom is 0.247 e. The lowest BCUT2D eigenvalue weighted by atomic mass is 9.94. The Balaban J connectivity index is 1.76. The third kappa shape index (κ3) is 3.28. The average Bonchev–Trinajstić information content (AvgIpc) is 3.02. The van der Waals surface area contributed by atoms with Gasteiger partial charge < -0.3 is 10.2 Å². The Morgan fingerprint density at radius 3 is 2.50 bits per heavy atom. The minimum Gasteiger partial charge on any atom is -0.330 e. The maximum atomic E-state index is 12.7. The molecular weight excluding hydrogens is 300 g/mol. The van der Waals surface area contributed by atoms with Gasteiger partial charge in [-0.2, -0.15) is 0 Å². The number of hydrogen-bond acceptors (Lipinski definition) is 2. The zero-order valence-electron chi connectivity index (χ0n) is 14.5. The minimum absolute atomic E-state index is 0.0404. The molecule has 2 aromatic carbocycles. The topological polar surface area (TPSA) is 49.4 Å². The highest BCUT2D eigenvalue weighted by molar-refractivity contribution is 5.99. The SMILES string of the molecule is CC(C)(C)C(=O)N1CCCC1C(=O)Nc1ccc2ccccc2c1. The number of hydrogen-bond donors (Lipinski definition) is 1. The van der Waals surface area contributed by atoms with Crippen molar-refractivity contribution in [3.8, 4) is 0 Å². The van der Waals surface area contributed by atoms with Crippen LogP contribution in [0.2, 0.25) is 0 Å². The molecule has 126 valence electrons. The molecular formula is C20H24N2O2. The van der Waals surface area contributed by atoms with Crippen LogP contribution in [0.25, 0.3) is 10.8 Å². The number of carbonyl (C=O) groups is 2. The summed E-state index contributed by atoms with van der Waals surface area (Å²) in [7, 11) is 0. The summed E-state index contributed by atoms with van der Waals surface area (Å²) in [6, 6.07) is 13.5. The van der Waals surface area contributed by atoms with Crippen molar-refractivity contribution in [3.05, 3.63) is 42.5 Å². The summed E-state index contributed by atoms with van der Waals surface area (Å²) >= 11 is 0. The van der Waals surface area contributed by atoms with Crippen molar-refractivity contribution in [2.45, 2.75) is 39.7 Å². The lowest BCUT2D eigenvalue weighted by Crippen LogP contribution is -2.47. The third-order valence-corrected chi connectivity index (χ3v) is 4.47. The fraction of sp³-hybridized carbons (Fsp3) is 0.400. The molecule has 0 saturated carbocycles. The predicted molar refractivity (Wildman–Crippen MR) is 96.8 cm³/mol. The summed E-state index contributed by atoms with van der Waals surface area (Å²) in [6.07, 6.45) is 1.60. The molecule has 1 N–H and O–H groups in total. The summed E-state index contributed by atoms with van der Waals surface area (Å²) in [6.45, 7) is 6.34. The molecule has 3 rings (SSSR count). The van der Waals surface area contributed by atoms with E-state index in [9.17, 15) is 9.59 Å². The molecule has 4 heteroatoms. The van der Waals surface area contributed by atoms with E-state index in [0.717, 1.165) is 29.3 Å². The third-order valence-electron chi connectivity index (χ3n) is 4.47. The molecule has 24 heavy (non-hydrogen) atoms. The first-order valence-electron chi connectivity index (χ1n) is 8.47. The summed E-state index contributed by atoms with van der Waals surface area (Å²) in [5.74, 6) is -0.0564. The van der Waals surface area contributed by atoms with Gasteiger partial charge in [-0.1, -0.05) is 51.1 Å². The highest BCUT2D eigenvalue weighted by Gasteiger charge is 2.38. The second-order valence-electron chi connectivity index (χ2n) is 7.46. The van der Waals surface area contributed by atoms with E-state index in [1.165, 1.54) is 0 Å². The van der Waals surface area contributed by atoms with Crippen molar-refractivity contribution < 1.29 is 9.59 Å². The van der Waals surface area contributed by atoms with Crippen LogP contribution in [0.3, 0.4) is 0 Å². The van der Waals surface area contributed by atoms with Crippen molar-refractivity contribution in [2.24, 2.45) is 5.41 Å². The Hall–Kier alpha value is -2.36. The fourth-order valence-electron chi connectivity index (χ4n) is 3.21. The summed E-state index contributed by atoms with van der Waals surface area (Å²) in [5, 5.41) is 5.21. The average molecular weight is 324 g/mol. The van der Waals surface area contributed by atoms with E-state index in [-0.39, 0.29) is 17.9 Å². The maximum absolute atomic E-state index is 12.7. The van der Waals surface area contributed by atoms with Gasteiger partial charge in [0.05, 0.1) is 0 Å². The van der Waals surface area contributed by atoms with Crippen molar-refractivity contribution in [3.63, 3.8) is 0 Å². The van der Waals surface area contributed by atoms with Gasteiger partial charge >= 0.3 is 0 Å². The predicted octanol–water partition coefficient (Wildman–Crippen LogP) is 3.82. The largest absolute Gasteiger partial charge is 0.330 e. The van der Waals surface area contributed by atoms with Crippen LogP contribution in [0.4, 0.5) is 5.69 Å². The molecule has 2 amide bonds. The number of benzene rings is 2. The first kappa shape index (κ1) is 16.5. The number of amides is 2. The summed E-state index contributed by atoms with van der Waals surface area (Å²) < 4.78 is 0. The van der Waals surface area contributed by atoms with Crippen LogP contribution in [-0.2, 0) is 9.59 Å². The Morgan fingerprint density at radius 1 is 1.08 bits per heavy atom. The lowest BCUT2D eigenvalue weighted by molar-refractivity contribution is -0.143. The Morgan fingerprint density at radius 2 is 1.79 bits per heavy atom. The number of likely N-dealkylation sites (tertiary alicyclic amines) is 1. The molecule has 1 heterocycles. The molecule has 4 nitrogen and oxygen atoms in total. The number of carbonyl (C=O) groups excluding carboxylic acids is 2. The van der Waals surface area contributed by atoms with E-state index in [0.29, 0.717) is 6.54 Å². The molecule has 0 aliphatic carbocycles. The zero-order chi connectivity index (χ0) is 17.3. The fourth-order valence-corrected chi connectivity index (χ4v) is 3.21. The van der Waals surface area contributed by atoms with Crippen molar-refractivity contribution in [1.82, 2.24) is 4.90 Å². The number of nitrogens with zero attached hydrogens (tertiary/aromatic N) is 1. The normalized spacial score (nSPS) is 18.0. The lowest BCUT2D eigenvalue weighted by Gasteiger charge is -2.30. The molecule has 0 aromatic heterocycles. The first-order valence-corrected chi connectivity index (χ1v) is 8.47. The monoisotopic (exact) mass is 324 g/mol.